The average Bonchev–Trinajstić information content (AvgIpc) is 3.21. The first-order valence-electron chi connectivity index (χ1n) is 9.21. The summed E-state index contributed by atoms with van der Waals surface area (Å²) in [5.41, 5.74) is 0.146. The van der Waals surface area contributed by atoms with Gasteiger partial charge in [-0.2, -0.15) is 5.10 Å². The third kappa shape index (κ3) is 2.83. The van der Waals surface area contributed by atoms with Crippen LogP contribution >= 0.6 is 0 Å². The van der Waals surface area contributed by atoms with Crippen molar-refractivity contribution in [1.82, 2.24) is 15.1 Å². The fourth-order valence-electron chi connectivity index (χ4n) is 4.26. The van der Waals surface area contributed by atoms with E-state index in [-0.39, 0.29) is 24.5 Å². The predicted octanol–water partition coefficient (Wildman–Crippen LogP) is -0.0131. The molecule has 2 saturated heterocycles. The van der Waals surface area contributed by atoms with Crippen molar-refractivity contribution < 1.29 is 33.6 Å². The van der Waals surface area contributed by atoms with E-state index in [1.807, 2.05) is 0 Å². The van der Waals surface area contributed by atoms with E-state index in [0.29, 0.717) is 11.4 Å². The molecule has 3 aliphatic heterocycles. The van der Waals surface area contributed by atoms with Gasteiger partial charge >= 0.3 is 5.97 Å². The van der Waals surface area contributed by atoms with Gasteiger partial charge in [-0.15, -0.1) is 0 Å². The molecule has 4 heterocycles. The van der Waals surface area contributed by atoms with Crippen LogP contribution in [0.5, 0.6) is 0 Å². The van der Waals surface area contributed by atoms with Crippen LogP contribution in [0.15, 0.2) is 0 Å². The van der Waals surface area contributed by atoms with Crippen molar-refractivity contribution in [3.63, 3.8) is 0 Å². The van der Waals surface area contributed by atoms with Gasteiger partial charge in [-0.3, -0.25) is 4.79 Å². The van der Waals surface area contributed by atoms with E-state index in [9.17, 15) is 14.7 Å². The molecule has 0 bridgehead atoms. The second-order valence-electron chi connectivity index (χ2n) is 8.24. The number of aliphatic hydroxyl groups excluding tert-OH is 1. The number of methoxy groups -OCH3 is 1. The topological polar surface area (TPSA) is 121 Å². The second-order valence-corrected chi connectivity index (χ2v) is 8.24. The molecule has 2 N–H and O–H groups in total. The van der Waals surface area contributed by atoms with Gasteiger partial charge in [-0.05, 0) is 27.7 Å². The highest BCUT2D eigenvalue weighted by Gasteiger charge is 2.57. The zero-order valence-electron chi connectivity index (χ0n) is 16.5. The van der Waals surface area contributed by atoms with Crippen LogP contribution in [0.25, 0.3) is 0 Å². The highest BCUT2D eigenvalue weighted by molar-refractivity contribution is 5.94. The fraction of sp³-hybridized carbons (Fsp3) is 0.722. The molecule has 154 valence electrons. The maximum Gasteiger partial charge on any atom is 0.341 e. The van der Waals surface area contributed by atoms with Crippen LogP contribution in [0.2, 0.25) is 0 Å². The third-order valence-electron chi connectivity index (χ3n) is 5.30. The Kier molecular flexibility index (Phi) is 4.31. The monoisotopic (exact) mass is 395 g/mol. The summed E-state index contributed by atoms with van der Waals surface area (Å²) in [5, 5.41) is 17.2. The fourth-order valence-corrected chi connectivity index (χ4v) is 4.26. The Morgan fingerprint density at radius 2 is 2.00 bits per heavy atom. The molecule has 0 spiro atoms. The van der Waals surface area contributed by atoms with Gasteiger partial charge < -0.3 is 29.4 Å². The number of hydrogen-bond acceptors (Lipinski definition) is 8. The minimum atomic E-state index is -0.855. The predicted molar refractivity (Wildman–Crippen MR) is 93.3 cm³/mol. The van der Waals surface area contributed by atoms with Crippen molar-refractivity contribution in [3.05, 3.63) is 17.0 Å². The minimum absolute atomic E-state index is 0.00599. The molecule has 1 amide bonds. The molecule has 0 radical (unpaired) electrons. The average molecular weight is 395 g/mol. The summed E-state index contributed by atoms with van der Waals surface area (Å²) < 4.78 is 24.5. The molecule has 2 fully saturated rings. The van der Waals surface area contributed by atoms with Gasteiger partial charge in [-0.25, -0.2) is 9.48 Å². The SMILES string of the molecule is COC(=O)c1c([C@@H]2O[C@H](CO)[C@H]3OC(C)(C)O[C@H]32)nn2c1CC(=O)NC2(C)C. The van der Waals surface area contributed by atoms with Gasteiger partial charge in [0, 0.05) is 0 Å². The highest BCUT2D eigenvalue weighted by atomic mass is 16.8. The molecule has 4 rings (SSSR count). The Morgan fingerprint density at radius 1 is 1.32 bits per heavy atom. The van der Waals surface area contributed by atoms with Gasteiger partial charge in [0.1, 0.15) is 41.3 Å². The van der Waals surface area contributed by atoms with Crippen LogP contribution in [-0.2, 0) is 35.8 Å². The zero-order valence-corrected chi connectivity index (χ0v) is 16.5. The Hall–Kier alpha value is -2.01. The van der Waals surface area contributed by atoms with E-state index >= 15 is 0 Å². The third-order valence-corrected chi connectivity index (χ3v) is 5.30. The molecule has 4 atom stereocenters. The second kappa shape index (κ2) is 6.24. The number of carbonyl (C=O) groups is 2. The molecule has 0 saturated carbocycles. The zero-order chi connectivity index (χ0) is 20.4. The number of carbonyl (C=O) groups excluding carboxylic acids is 2. The van der Waals surface area contributed by atoms with Gasteiger partial charge in [-0.1, -0.05) is 0 Å². The van der Waals surface area contributed by atoms with Crippen LogP contribution in [0.1, 0.15) is 55.5 Å². The summed E-state index contributed by atoms with van der Waals surface area (Å²) in [5.74, 6) is -1.67. The van der Waals surface area contributed by atoms with E-state index < -0.39 is 41.8 Å². The molecule has 1 aromatic heterocycles. The van der Waals surface area contributed by atoms with E-state index in [1.165, 1.54) is 7.11 Å². The minimum Gasteiger partial charge on any atom is -0.465 e. The Morgan fingerprint density at radius 3 is 2.64 bits per heavy atom. The highest BCUT2D eigenvalue weighted by Crippen LogP contribution is 2.46. The van der Waals surface area contributed by atoms with Crippen LogP contribution in [0.3, 0.4) is 0 Å². The molecule has 3 aliphatic rings. The molecule has 0 aromatic carbocycles. The van der Waals surface area contributed by atoms with Crippen molar-refractivity contribution in [1.29, 1.82) is 0 Å². The molecule has 28 heavy (non-hydrogen) atoms. The lowest BCUT2D eigenvalue weighted by Crippen LogP contribution is -2.51. The quantitative estimate of drug-likeness (QED) is 0.686. The van der Waals surface area contributed by atoms with Crippen molar-refractivity contribution in [3.8, 4) is 0 Å². The van der Waals surface area contributed by atoms with E-state index in [0.717, 1.165) is 0 Å². The van der Waals surface area contributed by atoms with Crippen molar-refractivity contribution in [2.24, 2.45) is 0 Å². The molecule has 0 unspecified atom stereocenters. The number of hydrogen-bond donors (Lipinski definition) is 2. The van der Waals surface area contributed by atoms with Crippen molar-refractivity contribution in [2.75, 3.05) is 13.7 Å². The Labute approximate surface area is 162 Å². The van der Waals surface area contributed by atoms with Gasteiger partial charge in [0.15, 0.2) is 5.79 Å². The lowest BCUT2D eigenvalue weighted by molar-refractivity contribution is -0.191. The number of amides is 1. The molecular weight excluding hydrogens is 370 g/mol. The number of aromatic nitrogens is 2. The standard InChI is InChI=1S/C18H25N3O7/c1-17(2)19-10(23)6-8-11(16(24)25-5)12(20-21(8)17)14-15-13(9(7-22)26-14)27-18(3,4)28-15/h9,13-15,22H,6-7H2,1-5H3,(H,19,23)/t9-,13-,14+,15-/m1/s1. The Bertz CT molecular complexity index is 831. The molecule has 10 nitrogen and oxygen atoms in total. The lowest BCUT2D eigenvalue weighted by Gasteiger charge is -2.32. The van der Waals surface area contributed by atoms with E-state index in [1.54, 1.807) is 32.4 Å². The summed E-state index contributed by atoms with van der Waals surface area (Å²) in [6, 6.07) is 0. The van der Waals surface area contributed by atoms with Crippen LogP contribution < -0.4 is 5.32 Å². The summed E-state index contributed by atoms with van der Waals surface area (Å²) in [6.45, 7) is 6.88. The summed E-state index contributed by atoms with van der Waals surface area (Å²) in [6.07, 6.45) is -2.43. The number of aliphatic hydroxyl groups is 1. The van der Waals surface area contributed by atoms with Crippen LogP contribution in [-0.4, -0.2) is 64.6 Å². The number of fused-ring (bicyclic) bond motifs is 2. The first-order chi connectivity index (χ1) is 13.1. The number of esters is 1. The largest absolute Gasteiger partial charge is 0.465 e. The molecular formula is C18H25N3O7. The maximum atomic E-state index is 12.6. The maximum absolute atomic E-state index is 12.6. The summed E-state index contributed by atoms with van der Waals surface area (Å²) in [7, 11) is 1.28. The van der Waals surface area contributed by atoms with Gasteiger partial charge in [0.2, 0.25) is 5.91 Å². The number of nitrogens with one attached hydrogen (secondary N) is 1. The Balaban J connectivity index is 1.84. The van der Waals surface area contributed by atoms with Crippen molar-refractivity contribution >= 4 is 11.9 Å². The molecule has 10 heteroatoms. The van der Waals surface area contributed by atoms with Gasteiger partial charge in [0.25, 0.3) is 0 Å². The first kappa shape index (κ1) is 19.3. The number of ether oxygens (including phenoxy) is 4. The van der Waals surface area contributed by atoms with Gasteiger partial charge in [0.05, 0.1) is 25.8 Å². The molecule has 0 aliphatic carbocycles. The van der Waals surface area contributed by atoms with Crippen LogP contribution in [0, 0.1) is 0 Å². The molecule has 1 aromatic rings. The first-order valence-corrected chi connectivity index (χ1v) is 9.21. The number of nitrogens with zero attached hydrogens (tertiary/aromatic N) is 2. The van der Waals surface area contributed by atoms with Crippen molar-refractivity contribution in [2.45, 2.75) is 70.0 Å². The normalized spacial score (nSPS) is 32.6. The number of rotatable bonds is 3. The lowest BCUT2D eigenvalue weighted by atomic mass is 10.00. The summed E-state index contributed by atoms with van der Waals surface area (Å²) >= 11 is 0. The smallest absolute Gasteiger partial charge is 0.341 e. The van der Waals surface area contributed by atoms with E-state index in [4.69, 9.17) is 18.9 Å². The summed E-state index contributed by atoms with van der Waals surface area (Å²) in [4.78, 5) is 24.8. The van der Waals surface area contributed by atoms with Crippen LogP contribution in [0.4, 0.5) is 0 Å². The van der Waals surface area contributed by atoms with E-state index in [2.05, 4.69) is 10.4 Å².